The topological polar surface area (TPSA) is 0 Å². The molecular weight excluding hydrogens is 132 g/mol. The van der Waals surface area contributed by atoms with Crippen molar-refractivity contribution in [3.63, 3.8) is 0 Å². The van der Waals surface area contributed by atoms with Crippen LogP contribution in [0.2, 0.25) is 0 Å². The minimum absolute atomic E-state index is 0.341. The zero-order valence-electron chi connectivity index (χ0n) is 7.19. The largest absolute Gasteiger partial charge is 0.120 e. The van der Waals surface area contributed by atoms with Gasteiger partial charge in [0.2, 0.25) is 0 Å². The van der Waals surface area contributed by atoms with Gasteiger partial charge in [-0.15, -0.1) is 12.3 Å². The summed E-state index contributed by atoms with van der Waals surface area (Å²) in [5.74, 6) is 5.48. The van der Waals surface area contributed by atoms with E-state index in [4.69, 9.17) is 12.8 Å². The monoisotopic (exact) mass is 147 g/mol. The number of hydrogen-bond donors (Lipinski definition) is 0. The first-order valence-corrected chi connectivity index (χ1v) is 4.20. The van der Waals surface area contributed by atoms with E-state index >= 15 is 0 Å². The molecule has 0 bridgehead atoms. The van der Waals surface area contributed by atoms with E-state index in [1.807, 2.05) is 0 Å². The predicted molar refractivity (Wildman–Crippen MR) is 48.2 cm³/mol. The Hall–Kier alpha value is -0.880. The van der Waals surface area contributed by atoms with Crippen LogP contribution < -0.4 is 0 Å². The van der Waals surface area contributed by atoms with Gasteiger partial charge in [-0.2, -0.15) is 0 Å². The highest BCUT2D eigenvalue weighted by Gasteiger charge is 2.01. The molecule has 11 heavy (non-hydrogen) atoms. The van der Waals surface area contributed by atoms with Crippen molar-refractivity contribution in [3.8, 4) is 18.3 Å². The number of unbranched alkanes of at least 4 members (excludes halogenated alkanes) is 1. The van der Waals surface area contributed by atoms with E-state index in [2.05, 4.69) is 18.8 Å². The molecule has 0 heterocycles. The summed E-state index contributed by atoms with van der Waals surface area (Å²) in [5, 5.41) is 0. The fourth-order valence-corrected chi connectivity index (χ4v) is 1.09. The van der Waals surface area contributed by atoms with E-state index in [0.717, 1.165) is 32.1 Å². The maximum Gasteiger partial charge on any atom is 0.0213 e. The molecule has 0 heteroatoms. The van der Waals surface area contributed by atoms with Gasteiger partial charge in [0, 0.05) is 12.3 Å². The molecule has 0 aliphatic heterocycles. The van der Waals surface area contributed by atoms with E-state index in [1.54, 1.807) is 0 Å². The molecule has 0 aromatic carbocycles. The molecule has 0 aromatic rings. The van der Waals surface area contributed by atoms with Crippen molar-refractivity contribution in [2.75, 3.05) is 0 Å². The molecule has 0 amide bonds. The van der Waals surface area contributed by atoms with E-state index < -0.39 is 0 Å². The van der Waals surface area contributed by atoms with Crippen LogP contribution >= 0.6 is 0 Å². The Balaban J connectivity index is 3.39. The highest BCUT2D eigenvalue weighted by Crippen LogP contribution is 2.12. The first kappa shape index (κ1) is 10.1. The average Bonchev–Trinajstić information content (AvgIpc) is 2.03. The molecule has 59 valence electrons. The van der Waals surface area contributed by atoms with Gasteiger partial charge in [-0.3, -0.25) is 0 Å². The fraction of sp³-hybridized carbons (Fsp3) is 0.636. The maximum absolute atomic E-state index is 7.00. The van der Waals surface area contributed by atoms with Crippen LogP contribution in [0.15, 0.2) is 0 Å². The third kappa shape index (κ3) is 5.56. The van der Waals surface area contributed by atoms with Crippen LogP contribution in [0.3, 0.4) is 0 Å². The van der Waals surface area contributed by atoms with Crippen molar-refractivity contribution in [1.82, 2.24) is 0 Å². The van der Waals surface area contributed by atoms with Gasteiger partial charge in [-0.25, -0.2) is 0 Å². The second-order valence-corrected chi connectivity index (χ2v) is 2.73. The van der Waals surface area contributed by atoms with Gasteiger partial charge in [0.1, 0.15) is 0 Å². The zero-order valence-corrected chi connectivity index (χ0v) is 7.19. The third-order valence-corrected chi connectivity index (χ3v) is 1.71. The van der Waals surface area contributed by atoms with Crippen LogP contribution in [0.25, 0.3) is 0 Å². The lowest BCUT2D eigenvalue weighted by atomic mass is 9.98. The summed E-state index contributed by atoms with van der Waals surface area (Å²) in [6.45, 7) is 2.13. The van der Waals surface area contributed by atoms with Crippen LogP contribution in [0.5, 0.6) is 0 Å². The van der Waals surface area contributed by atoms with Crippen molar-refractivity contribution in [2.45, 2.75) is 39.0 Å². The lowest BCUT2D eigenvalue weighted by Gasteiger charge is -2.06. The van der Waals surface area contributed by atoms with E-state index in [0.29, 0.717) is 5.92 Å². The smallest absolute Gasteiger partial charge is 0.0213 e. The first-order chi connectivity index (χ1) is 5.35. The number of terminal acetylenes is 1. The molecule has 0 spiro atoms. The molecule has 1 radical (unpaired) electrons. The summed E-state index contributed by atoms with van der Waals surface area (Å²) in [6.07, 6.45) is 17.2. The van der Waals surface area contributed by atoms with Crippen LogP contribution in [-0.2, 0) is 0 Å². The van der Waals surface area contributed by atoms with Crippen LogP contribution in [0.4, 0.5) is 0 Å². The summed E-state index contributed by atoms with van der Waals surface area (Å²) in [4.78, 5) is 0. The Morgan fingerprint density at radius 1 is 1.45 bits per heavy atom. The van der Waals surface area contributed by atoms with E-state index in [-0.39, 0.29) is 0 Å². The van der Waals surface area contributed by atoms with Gasteiger partial charge in [0.15, 0.2) is 0 Å². The molecule has 0 aliphatic rings. The van der Waals surface area contributed by atoms with Crippen LogP contribution in [-0.4, -0.2) is 0 Å². The van der Waals surface area contributed by atoms with Gasteiger partial charge < -0.3 is 0 Å². The quantitative estimate of drug-likeness (QED) is 0.414. The van der Waals surface area contributed by atoms with Crippen molar-refractivity contribution in [3.05, 3.63) is 6.42 Å². The van der Waals surface area contributed by atoms with Gasteiger partial charge >= 0.3 is 0 Å². The summed E-state index contributed by atoms with van der Waals surface area (Å²) in [7, 11) is 0. The molecule has 0 aromatic heterocycles. The summed E-state index contributed by atoms with van der Waals surface area (Å²) >= 11 is 0. The molecular formula is C11H15. The molecule has 0 saturated heterocycles. The second-order valence-electron chi connectivity index (χ2n) is 2.73. The minimum atomic E-state index is 0.341. The van der Waals surface area contributed by atoms with Crippen LogP contribution in [0.1, 0.15) is 39.0 Å². The third-order valence-electron chi connectivity index (χ3n) is 1.71. The fourth-order valence-electron chi connectivity index (χ4n) is 1.09. The van der Waals surface area contributed by atoms with E-state index in [1.165, 1.54) is 0 Å². The minimum Gasteiger partial charge on any atom is -0.120 e. The molecule has 0 fully saturated rings. The lowest BCUT2D eigenvalue weighted by Crippen LogP contribution is -1.95. The Bertz CT molecular complexity index is 154. The Labute approximate surface area is 70.4 Å². The zero-order chi connectivity index (χ0) is 8.53. The number of hydrogen-bond acceptors (Lipinski definition) is 0. The van der Waals surface area contributed by atoms with Gasteiger partial charge in [-0.1, -0.05) is 19.3 Å². The molecule has 1 atom stereocenters. The predicted octanol–water partition coefficient (Wildman–Crippen LogP) is 2.80. The molecule has 0 N–H and O–H groups in total. The first-order valence-electron chi connectivity index (χ1n) is 4.20. The molecule has 0 saturated carbocycles. The van der Waals surface area contributed by atoms with Crippen molar-refractivity contribution < 1.29 is 0 Å². The average molecular weight is 147 g/mol. The van der Waals surface area contributed by atoms with Crippen LogP contribution in [0, 0.1) is 30.6 Å². The second kappa shape index (κ2) is 7.23. The van der Waals surface area contributed by atoms with Crippen molar-refractivity contribution in [1.29, 1.82) is 0 Å². The summed E-state index contributed by atoms with van der Waals surface area (Å²) < 4.78 is 0. The van der Waals surface area contributed by atoms with E-state index in [9.17, 15) is 0 Å². The highest BCUT2D eigenvalue weighted by molar-refractivity contribution is 4.89. The maximum atomic E-state index is 7.00. The molecule has 1 unspecified atom stereocenters. The van der Waals surface area contributed by atoms with Gasteiger partial charge in [-0.05, 0) is 25.7 Å². The summed E-state index contributed by atoms with van der Waals surface area (Å²) in [5.41, 5.74) is 0. The number of rotatable bonds is 5. The van der Waals surface area contributed by atoms with Crippen molar-refractivity contribution >= 4 is 0 Å². The Morgan fingerprint density at radius 2 is 2.18 bits per heavy atom. The Kier molecular flexibility index (Phi) is 6.65. The molecule has 0 nitrogen and oxygen atoms in total. The standard InChI is InChI=1S/C11H15/c1-4-7-8-10-11(6-3)9-5-2/h1,11H,5,7-10H2,2H3. The Morgan fingerprint density at radius 3 is 2.64 bits per heavy atom. The molecule has 0 aliphatic carbocycles. The lowest BCUT2D eigenvalue weighted by molar-refractivity contribution is 0.536. The molecule has 0 rings (SSSR count). The summed E-state index contributed by atoms with van der Waals surface area (Å²) in [6, 6.07) is 0. The highest BCUT2D eigenvalue weighted by atomic mass is 14.0. The van der Waals surface area contributed by atoms with Crippen molar-refractivity contribution in [2.24, 2.45) is 5.92 Å². The normalized spacial score (nSPS) is 11.5. The SMILES string of the molecule is [C]#CC(CCC)CCCC#C. The van der Waals surface area contributed by atoms with Gasteiger partial charge in [0.25, 0.3) is 0 Å². The van der Waals surface area contributed by atoms with Gasteiger partial charge in [0.05, 0.1) is 0 Å².